The number of likely N-dealkylation sites (N-methyl/N-ethyl adjacent to an activating group) is 1. The Morgan fingerprint density at radius 1 is 1.08 bits per heavy atom. The quantitative estimate of drug-likeness (QED) is 0.829. The number of hydrogen-bond acceptors (Lipinski definition) is 4. The summed E-state index contributed by atoms with van der Waals surface area (Å²) in [5, 5.41) is 9.03. The predicted molar refractivity (Wildman–Crippen MR) is 94.7 cm³/mol. The summed E-state index contributed by atoms with van der Waals surface area (Å²) in [4.78, 5) is 2.22. The summed E-state index contributed by atoms with van der Waals surface area (Å²) in [6, 6.07) is 18.7. The maximum absolute atomic E-state index is 9.03. The van der Waals surface area contributed by atoms with Gasteiger partial charge in [0.05, 0.1) is 19.8 Å². The normalized spacial score (nSPS) is 21.8. The number of ether oxygens (including phenoxy) is 2. The lowest BCUT2D eigenvalue weighted by Crippen LogP contribution is -2.50. The number of aliphatic hydroxyl groups is 1. The molecule has 0 aliphatic carbocycles. The van der Waals surface area contributed by atoms with Crippen molar-refractivity contribution in [2.75, 3.05) is 40.0 Å². The highest BCUT2D eigenvalue weighted by Crippen LogP contribution is 2.32. The molecule has 0 aromatic heterocycles. The molecular formula is C20H25NO3. The van der Waals surface area contributed by atoms with Crippen molar-refractivity contribution in [1.82, 2.24) is 4.90 Å². The van der Waals surface area contributed by atoms with Gasteiger partial charge in [-0.3, -0.25) is 4.90 Å². The van der Waals surface area contributed by atoms with Gasteiger partial charge in [-0.1, -0.05) is 54.6 Å². The molecule has 1 N–H and O–H groups in total. The van der Waals surface area contributed by atoms with Crippen molar-refractivity contribution in [3.8, 4) is 11.1 Å². The van der Waals surface area contributed by atoms with E-state index in [1.165, 1.54) is 11.1 Å². The smallest absolute Gasteiger partial charge is 0.208 e. The number of nitrogens with zero attached hydrogens (tertiary/aromatic N) is 1. The van der Waals surface area contributed by atoms with Crippen molar-refractivity contribution >= 4 is 0 Å². The maximum atomic E-state index is 9.03. The van der Waals surface area contributed by atoms with Crippen LogP contribution in [0.5, 0.6) is 0 Å². The number of morpholine rings is 1. The van der Waals surface area contributed by atoms with E-state index in [-0.39, 0.29) is 6.61 Å². The first-order chi connectivity index (χ1) is 11.7. The van der Waals surface area contributed by atoms with E-state index in [2.05, 4.69) is 48.3 Å². The number of benzene rings is 2. The molecule has 3 rings (SSSR count). The van der Waals surface area contributed by atoms with Gasteiger partial charge in [0.2, 0.25) is 5.79 Å². The molecule has 0 amide bonds. The van der Waals surface area contributed by atoms with Crippen LogP contribution >= 0.6 is 0 Å². The molecule has 1 fully saturated rings. The summed E-state index contributed by atoms with van der Waals surface area (Å²) >= 11 is 0. The summed E-state index contributed by atoms with van der Waals surface area (Å²) in [6.45, 7) is 2.82. The lowest BCUT2D eigenvalue weighted by molar-refractivity contribution is -0.275. The van der Waals surface area contributed by atoms with Crippen LogP contribution in [0.1, 0.15) is 12.0 Å². The third kappa shape index (κ3) is 3.84. The molecule has 24 heavy (non-hydrogen) atoms. The second kappa shape index (κ2) is 7.90. The van der Waals surface area contributed by atoms with Gasteiger partial charge < -0.3 is 14.6 Å². The fourth-order valence-electron chi connectivity index (χ4n) is 3.04. The number of rotatable bonds is 6. The van der Waals surface area contributed by atoms with E-state index in [4.69, 9.17) is 14.6 Å². The highest BCUT2D eigenvalue weighted by atomic mass is 16.7. The minimum absolute atomic E-state index is 0.124. The van der Waals surface area contributed by atoms with E-state index in [0.29, 0.717) is 26.2 Å². The van der Waals surface area contributed by atoms with E-state index in [1.807, 2.05) is 18.2 Å². The molecule has 128 valence electrons. The standard InChI is InChI=1S/C20H25NO3/c1-21-12-15-24-20(16-21,23-14-5-13-22)19-10-8-18(9-11-19)17-6-3-2-4-7-17/h2-4,6-11,22H,5,12-16H2,1H3. The van der Waals surface area contributed by atoms with Gasteiger partial charge in [-0.15, -0.1) is 0 Å². The van der Waals surface area contributed by atoms with Gasteiger partial charge in [0.25, 0.3) is 0 Å². The van der Waals surface area contributed by atoms with E-state index in [1.54, 1.807) is 0 Å². The molecule has 1 heterocycles. The monoisotopic (exact) mass is 327 g/mol. The second-order valence-electron chi connectivity index (χ2n) is 6.21. The molecule has 0 bridgehead atoms. The minimum atomic E-state index is -0.753. The van der Waals surface area contributed by atoms with Crippen LogP contribution in [0.25, 0.3) is 11.1 Å². The lowest BCUT2D eigenvalue weighted by Gasteiger charge is -2.41. The fourth-order valence-corrected chi connectivity index (χ4v) is 3.04. The van der Waals surface area contributed by atoms with Gasteiger partial charge in [0, 0.05) is 18.7 Å². The van der Waals surface area contributed by atoms with Crippen LogP contribution in [-0.4, -0.2) is 50.0 Å². The van der Waals surface area contributed by atoms with Crippen molar-refractivity contribution in [3.05, 3.63) is 60.2 Å². The zero-order chi connectivity index (χ0) is 16.8. The Labute approximate surface area is 143 Å². The second-order valence-corrected chi connectivity index (χ2v) is 6.21. The number of aliphatic hydroxyl groups excluding tert-OH is 1. The van der Waals surface area contributed by atoms with Crippen LogP contribution in [0.3, 0.4) is 0 Å². The zero-order valence-electron chi connectivity index (χ0n) is 14.1. The van der Waals surface area contributed by atoms with Crippen molar-refractivity contribution in [3.63, 3.8) is 0 Å². The molecule has 1 aliphatic rings. The van der Waals surface area contributed by atoms with Crippen LogP contribution < -0.4 is 0 Å². The summed E-state index contributed by atoms with van der Waals surface area (Å²) in [6.07, 6.45) is 0.608. The summed E-state index contributed by atoms with van der Waals surface area (Å²) in [7, 11) is 2.07. The predicted octanol–water partition coefficient (Wildman–Crippen LogP) is 2.87. The Bertz CT molecular complexity index is 629. The molecule has 4 nitrogen and oxygen atoms in total. The first-order valence-corrected chi connectivity index (χ1v) is 8.47. The Hall–Kier alpha value is -1.72. The summed E-state index contributed by atoms with van der Waals surface area (Å²) < 4.78 is 12.2. The molecule has 0 spiro atoms. The molecular weight excluding hydrogens is 302 g/mol. The van der Waals surface area contributed by atoms with E-state index in [9.17, 15) is 0 Å². The molecule has 1 saturated heterocycles. The van der Waals surface area contributed by atoms with Crippen LogP contribution in [0.4, 0.5) is 0 Å². The van der Waals surface area contributed by atoms with Gasteiger partial charge >= 0.3 is 0 Å². The SMILES string of the molecule is CN1CCOC(OCCCO)(c2ccc(-c3ccccc3)cc2)C1. The molecule has 2 aromatic carbocycles. The lowest BCUT2D eigenvalue weighted by atomic mass is 9.99. The Kier molecular flexibility index (Phi) is 5.63. The minimum Gasteiger partial charge on any atom is -0.396 e. The first kappa shape index (κ1) is 17.1. The molecule has 1 aliphatic heterocycles. The van der Waals surface area contributed by atoms with Crippen LogP contribution in [0.15, 0.2) is 54.6 Å². The van der Waals surface area contributed by atoms with Crippen molar-refractivity contribution in [1.29, 1.82) is 0 Å². The Balaban J connectivity index is 1.84. The van der Waals surface area contributed by atoms with Crippen molar-refractivity contribution in [2.45, 2.75) is 12.2 Å². The van der Waals surface area contributed by atoms with Crippen LogP contribution in [0, 0.1) is 0 Å². The topological polar surface area (TPSA) is 41.9 Å². The van der Waals surface area contributed by atoms with Gasteiger partial charge in [0.1, 0.15) is 0 Å². The highest BCUT2D eigenvalue weighted by Gasteiger charge is 2.38. The van der Waals surface area contributed by atoms with E-state index >= 15 is 0 Å². The summed E-state index contributed by atoms with van der Waals surface area (Å²) in [5.41, 5.74) is 3.39. The molecule has 4 heteroatoms. The molecule has 1 unspecified atom stereocenters. The fraction of sp³-hybridized carbons (Fsp3) is 0.400. The van der Waals surface area contributed by atoms with Gasteiger partial charge in [-0.2, -0.15) is 0 Å². The number of hydrogen-bond donors (Lipinski definition) is 1. The average molecular weight is 327 g/mol. The molecule has 1 atom stereocenters. The Morgan fingerprint density at radius 2 is 1.79 bits per heavy atom. The zero-order valence-corrected chi connectivity index (χ0v) is 14.1. The van der Waals surface area contributed by atoms with E-state index in [0.717, 1.165) is 12.1 Å². The average Bonchev–Trinajstić information content (AvgIpc) is 2.63. The van der Waals surface area contributed by atoms with Crippen LogP contribution in [-0.2, 0) is 15.3 Å². The van der Waals surface area contributed by atoms with E-state index < -0.39 is 5.79 Å². The summed E-state index contributed by atoms with van der Waals surface area (Å²) in [5.74, 6) is -0.753. The van der Waals surface area contributed by atoms with Gasteiger partial charge in [-0.05, 0) is 24.6 Å². The largest absolute Gasteiger partial charge is 0.396 e. The molecule has 2 aromatic rings. The maximum Gasteiger partial charge on any atom is 0.208 e. The third-order valence-corrected chi connectivity index (χ3v) is 4.36. The van der Waals surface area contributed by atoms with Crippen molar-refractivity contribution < 1.29 is 14.6 Å². The molecule has 0 saturated carbocycles. The van der Waals surface area contributed by atoms with Gasteiger partial charge in [-0.25, -0.2) is 0 Å². The van der Waals surface area contributed by atoms with Gasteiger partial charge in [0.15, 0.2) is 0 Å². The van der Waals surface area contributed by atoms with Crippen LogP contribution in [0.2, 0.25) is 0 Å². The Morgan fingerprint density at radius 3 is 2.46 bits per heavy atom. The first-order valence-electron chi connectivity index (χ1n) is 8.47. The third-order valence-electron chi connectivity index (χ3n) is 4.36. The molecule has 0 radical (unpaired) electrons. The van der Waals surface area contributed by atoms with Crippen molar-refractivity contribution in [2.24, 2.45) is 0 Å². The highest BCUT2D eigenvalue weighted by molar-refractivity contribution is 5.63.